The first-order chi connectivity index (χ1) is 15.7. The van der Waals surface area contributed by atoms with Gasteiger partial charge in [-0.25, -0.2) is 4.79 Å². The van der Waals surface area contributed by atoms with Crippen molar-refractivity contribution in [3.8, 4) is 0 Å². The molecule has 0 heterocycles. The summed E-state index contributed by atoms with van der Waals surface area (Å²) in [6, 6.07) is 10.2. The van der Waals surface area contributed by atoms with Gasteiger partial charge in [0.25, 0.3) is 0 Å². The quantitative estimate of drug-likeness (QED) is 0.149. The number of benzene rings is 1. The molecule has 1 aromatic rings. The zero-order valence-electron chi connectivity index (χ0n) is 19.5. The lowest BCUT2D eigenvalue weighted by Crippen LogP contribution is -2.44. The van der Waals surface area contributed by atoms with Crippen molar-refractivity contribution in [2.45, 2.75) is 95.8 Å². The highest BCUT2D eigenvalue weighted by atomic mass is 79.9. The average Bonchev–Trinajstić information content (AvgIpc) is 2.83. The Morgan fingerprint density at radius 2 is 1.47 bits per heavy atom. The number of unbranched alkanes of at least 4 members (excludes halogenated alkanes) is 6. The first-order valence-electron chi connectivity index (χ1n) is 12.5. The van der Waals surface area contributed by atoms with E-state index in [-0.39, 0.29) is 12.1 Å². The van der Waals surface area contributed by atoms with Gasteiger partial charge in [0.1, 0.15) is 6.61 Å². The van der Waals surface area contributed by atoms with Crippen LogP contribution < -0.4 is 0 Å². The molecule has 0 unspecified atom stereocenters. The molecule has 0 radical (unpaired) electrons. The number of carbonyl (C=O) groups excluding carboxylic acids is 1. The van der Waals surface area contributed by atoms with Crippen LogP contribution in [0.2, 0.25) is 0 Å². The van der Waals surface area contributed by atoms with Crippen molar-refractivity contribution < 1.29 is 14.3 Å². The summed E-state index contributed by atoms with van der Waals surface area (Å²) in [7, 11) is 0. The summed E-state index contributed by atoms with van der Waals surface area (Å²) in [5, 5.41) is 2.15. The van der Waals surface area contributed by atoms with Crippen LogP contribution in [-0.2, 0) is 16.1 Å². The average molecular weight is 575 g/mol. The molecule has 0 aromatic heterocycles. The Morgan fingerprint density at radius 1 is 0.844 bits per heavy atom. The van der Waals surface area contributed by atoms with Gasteiger partial charge in [-0.3, -0.25) is 0 Å². The summed E-state index contributed by atoms with van der Waals surface area (Å²) in [5.74, 6) is 0. The van der Waals surface area contributed by atoms with Gasteiger partial charge in [0, 0.05) is 29.9 Å². The molecule has 1 amide bonds. The third kappa shape index (κ3) is 11.5. The molecule has 0 atom stereocenters. The van der Waals surface area contributed by atoms with Crippen molar-refractivity contribution in [3.05, 3.63) is 35.9 Å². The molecule has 0 saturated heterocycles. The van der Waals surface area contributed by atoms with Crippen LogP contribution in [0, 0.1) is 0 Å². The highest BCUT2D eigenvalue weighted by molar-refractivity contribution is 9.09. The number of amides is 1. The monoisotopic (exact) mass is 573 g/mol. The molecule has 1 aliphatic rings. The lowest BCUT2D eigenvalue weighted by molar-refractivity contribution is 0.00306. The lowest BCUT2D eigenvalue weighted by atomic mass is 9.91. The van der Waals surface area contributed by atoms with Gasteiger partial charge >= 0.3 is 6.09 Å². The second-order valence-electron chi connectivity index (χ2n) is 8.74. The molecule has 0 N–H and O–H groups in total. The van der Waals surface area contributed by atoms with Crippen molar-refractivity contribution in [3.63, 3.8) is 0 Å². The zero-order chi connectivity index (χ0) is 22.9. The van der Waals surface area contributed by atoms with E-state index in [0.717, 1.165) is 74.3 Å². The Hall–Kier alpha value is -0.590. The topological polar surface area (TPSA) is 38.8 Å². The lowest BCUT2D eigenvalue weighted by Gasteiger charge is -2.36. The van der Waals surface area contributed by atoms with Crippen LogP contribution in [-0.4, -0.2) is 47.0 Å². The summed E-state index contributed by atoms with van der Waals surface area (Å²) in [4.78, 5) is 15.0. The molecule has 4 nitrogen and oxygen atoms in total. The first-order valence-corrected chi connectivity index (χ1v) is 14.7. The first kappa shape index (κ1) is 27.7. The Kier molecular flexibility index (Phi) is 15.4. The fourth-order valence-electron chi connectivity index (χ4n) is 4.28. The van der Waals surface area contributed by atoms with Crippen molar-refractivity contribution in [1.29, 1.82) is 0 Å². The van der Waals surface area contributed by atoms with E-state index < -0.39 is 0 Å². The Labute approximate surface area is 212 Å². The summed E-state index contributed by atoms with van der Waals surface area (Å²) < 4.78 is 11.8. The van der Waals surface area contributed by atoms with Gasteiger partial charge in [0.2, 0.25) is 0 Å². The minimum Gasteiger partial charge on any atom is -0.445 e. The molecule has 1 aliphatic carbocycles. The molecule has 1 aromatic carbocycles. The van der Waals surface area contributed by atoms with Crippen LogP contribution in [0.4, 0.5) is 4.79 Å². The van der Waals surface area contributed by atoms with E-state index in [1.807, 2.05) is 35.2 Å². The minimum absolute atomic E-state index is 0.162. The van der Waals surface area contributed by atoms with E-state index >= 15 is 0 Å². The van der Waals surface area contributed by atoms with Crippen LogP contribution in [0.1, 0.15) is 82.6 Å². The summed E-state index contributed by atoms with van der Waals surface area (Å²) in [5.41, 5.74) is 1.03. The van der Waals surface area contributed by atoms with E-state index in [1.165, 1.54) is 32.1 Å². The van der Waals surface area contributed by atoms with E-state index in [0.29, 0.717) is 12.7 Å². The van der Waals surface area contributed by atoms with Gasteiger partial charge in [0.15, 0.2) is 0 Å². The Bertz CT molecular complexity index is 594. The van der Waals surface area contributed by atoms with E-state index in [4.69, 9.17) is 9.47 Å². The minimum atomic E-state index is -0.162. The third-order valence-electron chi connectivity index (χ3n) is 6.19. The third-order valence-corrected chi connectivity index (χ3v) is 7.31. The fraction of sp³-hybridized carbons (Fsp3) is 0.731. The van der Waals surface area contributed by atoms with Crippen LogP contribution in [0.25, 0.3) is 0 Å². The molecule has 1 fully saturated rings. The highest BCUT2D eigenvalue weighted by Crippen LogP contribution is 2.27. The Morgan fingerprint density at radius 3 is 2.12 bits per heavy atom. The molecular weight excluding hydrogens is 534 g/mol. The molecule has 1 saturated carbocycles. The predicted octanol–water partition coefficient (Wildman–Crippen LogP) is 7.86. The maximum Gasteiger partial charge on any atom is 0.410 e. The molecule has 0 bridgehead atoms. The van der Waals surface area contributed by atoms with Crippen molar-refractivity contribution >= 4 is 38.0 Å². The molecule has 32 heavy (non-hydrogen) atoms. The highest BCUT2D eigenvalue weighted by Gasteiger charge is 2.29. The Balaban J connectivity index is 1.77. The van der Waals surface area contributed by atoms with Gasteiger partial charge in [0.05, 0.1) is 6.10 Å². The van der Waals surface area contributed by atoms with Gasteiger partial charge < -0.3 is 14.4 Å². The molecule has 6 heteroatoms. The van der Waals surface area contributed by atoms with Crippen molar-refractivity contribution in [2.24, 2.45) is 0 Å². The molecule has 2 rings (SSSR count). The zero-order valence-corrected chi connectivity index (χ0v) is 22.7. The normalized spacial score (nSPS) is 18.4. The number of hydrogen-bond donors (Lipinski definition) is 0. The second-order valence-corrected chi connectivity index (χ2v) is 10.3. The number of carbonyl (C=O) groups is 1. The summed E-state index contributed by atoms with van der Waals surface area (Å²) in [6.45, 7) is 2.00. The number of ether oxygens (including phenoxy) is 2. The fourth-order valence-corrected chi connectivity index (χ4v) is 5.07. The molecule has 0 aliphatic heterocycles. The van der Waals surface area contributed by atoms with Crippen molar-refractivity contribution in [1.82, 2.24) is 4.90 Å². The van der Waals surface area contributed by atoms with E-state index in [1.54, 1.807) is 0 Å². The van der Waals surface area contributed by atoms with Crippen LogP contribution >= 0.6 is 31.9 Å². The van der Waals surface area contributed by atoms with Crippen molar-refractivity contribution in [2.75, 3.05) is 23.8 Å². The molecule has 182 valence electrons. The number of nitrogens with zero attached hydrogens (tertiary/aromatic N) is 1. The van der Waals surface area contributed by atoms with E-state index in [9.17, 15) is 4.79 Å². The molecule has 0 spiro atoms. The van der Waals surface area contributed by atoms with Crippen LogP contribution in [0.15, 0.2) is 30.3 Å². The number of halogens is 2. The van der Waals surface area contributed by atoms with Gasteiger partial charge in [-0.1, -0.05) is 87.9 Å². The standard InChI is InChI=1S/C26H41Br2NO3/c27-18-8-1-3-10-20-29(26(30)32-22-23-12-6-5-7-13-23)24-14-16-25(17-15-24)31-21-11-4-2-9-19-28/h5-7,12-13,24-25H,1-4,8-11,14-22H2. The van der Waals surface area contributed by atoms with Crippen LogP contribution in [0.5, 0.6) is 0 Å². The number of hydrogen-bond acceptors (Lipinski definition) is 3. The van der Waals surface area contributed by atoms with Gasteiger partial charge in [-0.2, -0.15) is 0 Å². The van der Waals surface area contributed by atoms with Gasteiger partial charge in [-0.05, 0) is 56.9 Å². The maximum atomic E-state index is 13.0. The molecular formula is C26H41Br2NO3. The number of alkyl halides is 2. The maximum absolute atomic E-state index is 13.0. The van der Waals surface area contributed by atoms with Crippen LogP contribution in [0.3, 0.4) is 0 Å². The largest absolute Gasteiger partial charge is 0.445 e. The van der Waals surface area contributed by atoms with E-state index in [2.05, 4.69) is 31.9 Å². The summed E-state index contributed by atoms with van der Waals surface area (Å²) in [6.07, 6.45) is 13.8. The van der Waals surface area contributed by atoms with Gasteiger partial charge in [-0.15, -0.1) is 0 Å². The second kappa shape index (κ2) is 17.8. The SMILES string of the molecule is O=C(OCc1ccccc1)N(CCCCCCBr)C1CCC(OCCCCCCBr)CC1. The summed E-state index contributed by atoms with van der Waals surface area (Å²) >= 11 is 6.99. The smallest absolute Gasteiger partial charge is 0.410 e. The predicted molar refractivity (Wildman–Crippen MR) is 140 cm³/mol. The number of rotatable bonds is 16.